The van der Waals surface area contributed by atoms with Gasteiger partial charge < -0.3 is 23.7 Å². The van der Waals surface area contributed by atoms with Crippen molar-refractivity contribution >= 4 is 47.8 Å². The van der Waals surface area contributed by atoms with E-state index in [-0.39, 0.29) is 19.2 Å². The van der Waals surface area contributed by atoms with Crippen molar-refractivity contribution in [3.8, 4) is 17.2 Å². The van der Waals surface area contributed by atoms with Gasteiger partial charge in [0.2, 0.25) is 0 Å². The van der Waals surface area contributed by atoms with Crippen LogP contribution in [0.2, 0.25) is 0 Å². The Bertz CT molecular complexity index is 1690. The summed E-state index contributed by atoms with van der Waals surface area (Å²) in [6, 6.07) is 8.44. The van der Waals surface area contributed by atoms with Crippen LogP contribution in [-0.2, 0) is 22.3 Å². The van der Waals surface area contributed by atoms with Gasteiger partial charge in [0, 0.05) is 25.0 Å². The largest absolute Gasteiger partial charge is 0.487 e. The van der Waals surface area contributed by atoms with Crippen LogP contribution in [0.5, 0.6) is 17.2 Å². The van der Waals surface area contributed by atoms with Crippen LogP contribution in [0.3, 0.4) is 0 Å². The highest BCUT2D eigenvalue weighted by molar-refractivity contribution is 9.11. The fourth-order valence-corrected chi connectivity index (χ4v) is 10.9. The van der Waals surface area contributed by atoms with Crippen LogP contribution in [0.25, 0.3) is 0 Å². The normalized spacial score (nSPS) is 25.7. The molecular formula is C47H67Br3O5. The molecule has 0 saturated heterocycles. The summed E-state index contributed by atoms with van der Waals surface area (Å²) in [6.45, 7) is 21.2. The SMILES string of the molecule is COCOc1cc(C/C=C(/C)CC/C=C(\C)CCC=C(C)C)c(C)cc1Br.COCOc1cc2c(cc1Br)O[C@]1(C)CC[C@H]3C(C)(C)[C@@H](Br)CC[C@]3(C)[C@@H]1C2. The number of allylic oxidation sites excluding steroid dienone is 6. The monoisotopic (exact) mass is 948 g/mol. The second-order valence-electron chi connectivity index (χ2n) is 17.5. The fraction of sp³-hybridized carbons (Fsp3) is 0.617. The van der Waals surface area contributed by atoms with E-state index in [2.05, 4.69) is 153 Å². The first-order valence-corrected chi connectivity index (χ1v) is 22.6. The summed E-state index contributed by atoms with van der Waals surface area (Å²) in [5.74, 6) is 3.89. The molecule has 0 aromatic heterocycles. The van der Waals surface area contributed by atoms with E-state index in [0.29, 0.717) is 27.5 Å². The number of ether oxygens (including phenoxy) is 5. The van der Waals surface area contributed by atoms with Gasteiger partial charge in [-0.05, 0) is 195 Å². The highest BCUT2D eigenvalue weighted by Gasteiger charge is 2.62. The van der Waals surface area contributed by atoms with Crippen molar-refractivity contribution in [2.75, 3.05) is 27.8 Å². The van der Waals surface area contributed by atoms with Crippen molar-refractivity contribution in [2.45, 2.75) is 137 Å². The summed E-state index contributed by atoms with van der Waals surface area (Å²) in [6.07, 6.45) is 18.4. The maximum atomic E-state index is 6.74. The number of benzene rings is 2. The van der Waals surface area contributed by atoms with E-state index < -0.39 is 0 Å². The molecule has 0 amide bonds. The molecule has 0 radical (unpaired) electrons. The van der Waals surface area contributed by atoms with Crippen molar-refractivity contribution < 1.29 is 23.7 Å². The Balaban J connectivity index is 0.000000245. The Morgan fingerprint density at radius 1 is 0.782 bits per heavy atom. The lowest BCUT2D eigenvalue weighted by Crippen LogP contribution is -2.63. The molecule has 55 heavy (non-hydrogen) atoms. The van der Waals surface area contributed by atoms with Crippen LogP contribution >= 0.6 is 47.8 Å². The molecule has 2 saturated carbocycles. The van der Waals surface area contributed by atoms with Crippen molar-refractivity contribution in [1.29, 1.82) is 0 Å². The van der Waals surface area contributed by atoms with Crippen LogP contribution in [0.15, 0.2) is 68.2 Å². The van der Waals surface area contributed by atoms with Crippen molar-refractivity contribution in [1.82, 2.24) is 0 Å². The van der Waals surface area contributed by atoms with Gasteiger partial charge in [0.15, 0.2) is 13.6 Å². The molecule has 5 nitrogen and oxygen atoms in total. The number of methoxy groups -OCH3 is 2. The predicted molar refractivity (Wildman–Crippen MR) is 240 cm³/mol. The van der Waals surface area contributed by atoms with E-state index in [9.17, 15) is 0 Å². The molecule has 2 aromatic carbocycles. The van der Waals surface area contributed by atoms with Crippen LogP contribution in [0, 0.1) is 29.6 Å². The molecule has 2 aromatic rings. The molecule has 3 aliphatic rings. The number of rotatable bonds is 14. The van der Waals surface area contributed by atoms with Crippen molar-refractivity contribution in [2.24, 2.45) is 22.7 Å². The third-order valence-electron chi connectivity index (χ3n) is 12.6. The van der Waals surface area contributed by atoms with Gasteiger partial charge in [0.05, 0.1) is 8.95 Å². The van der Waals surface area contributed by atoms with Crippen LogP contribution < -0.4 is 14.2 Å². The zero-order valence-electron chi connectivity index (χ0n) is 35.4. The predicted octanol–water partition coefficient (Wildman–Crippen LogP) is 14.4. The molecule has 306 valence electrons. The third kappa shape index (κ3) is 11.8. The zero-order valence-corrected chi connectivity index (χ0v) is 40.2. The molecule has 5 atom stereocenters. The van der Waals surface area contributed by atoms with Gasteiger partial charge in [-0.3, -0.25) is 0 Å². The Labute approximate surface area is 358 Å². The molecule has 0 N–H and O–H groups in total. The standard InChI is InChI=1S/C24H35BrO2.C23H32Br2O3/c1-18(2)9-7-10-19(3)11-8-12-20(4)13-14-22-16-24(27-17-26-6)23(25)15-21(22)5;1-21(2)18-6-9-23(4)19(22(18,3)8-7-20(21)25)11-14-10-17(27-13-26-5)15(24)12-16(14)28-23/h9,11,13,15-16H,7-8,10,12,14,17H2,1-6H3;10,12,18-20H,6-9,11,13H2,1-5H3/b19-11+,20-13-;/t;18-,19-,20-,22-,23+/m.0/s1. The van der Waals surface area contributed by atoms with Gasteiger partial charge in [-0.2, -0.15) is 0 Å². The molecule has 0 spiro atoms. The molecule has 0 unspecified atom stereocenters. The number of hydrogen-bond donors (Lipinski definition) is 0. The lowest BCUT2D eigenvalue weighted by atomic mass is 9.44. The van der Waals surface area contributed by atoms with Gasteiger partial charge in [-0.1, -0.05) is 71.6 Å². The smallest absolute Gasteiger partial charge is 0.188 e. The first-order valence-electron chi connectivity index (χ1n) is 20.1. The zero-order chi connectivity index (χ0) is 40.6. The minimum absolute atomic E-state index is 0.0954. The van der Waals surface area contributed by atoms with Crippen molar-refractivity contribution in [3.05, 3.63) is 84.8 Å². The van der Waals surface area contributed by atoms with E-state index in [1.807, 2.05) is 0 Å². The van der Waals surface area contributed by atoms with Crippen LogP contribution in [0.4, 0.5) is 0 Å². The van der Waals surface area contributed by atoms with E-state index in [1.54, 1.807) is 14.2 Å². The highest BCUT2D eigenvalue weighted by Crippen LogP contribution is 2.65. The fourth-order valence-electron chi connectivity index (χ4n) is 9.35. The summed E-state index contributed by atoms with van der Waals surface area (Å²) in [5, 5.41) is 0. The van der Waals surface area contributed by atoms with Gasteiger partial charge in [-0.25, -0.2) is 0 Å². The van der Waals surface area contributed by atoms with Gasteiger partial charge in [0.25, 0.3) is 0 Å². The van der Waals surface area contributed by atoms with Crippen LogP contribution in [0.1, 0.15) is 123 Å². The van der Waals surface area contributed by atoms with Crippen molar-refractivity contribution in [3.63, 3.8) is 0 Å². The Morgan fingerprint density at radius 3 is 2.02 bits per heavy atom. The molecule has 2 aliphatic carbocycles. The molecule has 0 bridgehead atoms. The average molecular weight is 952 g/mol. The lowest BCUT2D eigenvalue weighted by Gasteiger charge is -2.64. The molecule has 1 aliphatic heterocycles. The van der Waals surface area contributed by atoms with E-state index >= 15 is 0 Å². The van der Waals surface area contributed by atoms with Gasteiger partial charge in [0.1, 0.15) is 22.8 Å². The number of alkyl halides is 1. The maximum absolute atomic E-state index is 6.74. The number of fused-ring (bicyclic) bond motifs is 4. The Kier molecular flexibility index (Phi) is 17.1. The minimum Gasteiger partial charge on any atom is -0.487 e. The lowest BCUT2D eigenvalue weighted by molar-refractivity contribution is -0.160. The summed E-state index contributed by atoms with van der Waals surface area (Å²) in [7, 11) is 3.28. The number of aryl methyl sites for hydroxylation is 1. The molecular weight excluding hydrogens is 884 g/mol. The summed E-state index contributed by atoms with van der Waals surface area (Å²) in [5.41, 5.74) is 8.65. The molecule has 5 rings (SSSR count). The third-order valence-corrected chi connectivity index (χ3v) is 15.5. The maximum Gasteiger partial charge on any atom is 0.188 e. The van der Waals surface area contributed by atoms with Crippen LogP contribution in [-0.4, -0.2) is 38.2 Å². The van der Waals surface area contributed by atoms with E-state index in [4.69, 9.17) is 23.7 Å². The topological polar surface area (TPSA) is 46.2 Å². The van der Waals surface area contributed by atoms with E-state index in [1.165, 1.54) is 52.7 Å². The minimum atomic E-state index is -0.0954. The first kappa shape index (κ1) is 46.1. The average Bonchev–Trinajstić information content (AvgIpc) is 3.11. The van der Waals surface area contributed by atoms with Gasteiger partial charge >= 0.3 is 0 Å². The molecule has 8 heteroatoms. The molecule has 1 heterocycles. The number of halogens is 3. The summed E-state index contributed by atoms with van der Waals surface area (Å²) >= 11 is 11.2. The van der Waals surface area contributed by atoms with E-state index in [0.717, 1.165) is 71.1 Å². The second kappa shape index (κ2) is 20.4. The number of hydrogen-bond acceptors (Lipinski definition) is 5. The Hall–Kier alpha value is -1.58. The highest BCUT2D eigenvalue weighted by atomic mass is 79.9. The summed E-state index contributed by atoms with van der Waals surface area (Å²) < 4.78 is 30.1. The summed E-state index contributed by atoms with van der Waals surface area (Å²) in [4.78, 5) is 0.601. The first-order chi connectivity index (χ1) is 25.9. The van der Waals surface area contributed by atoms with Gasteiger partial charge in [-0.15, -0.1) is 0 Å². The Morgan fingerprint density at radius 2 is 1.38 bits per heavy atom. The quantitative estimate of drug-likeness (QED) is 0.107. The molecule has 2 fully saturated rings. The second-order valence-corrected chi connectivity index (χ2v) is 20.3.